The summed E-state index contributed by atoms with van der Waals surface area (Å²) in [6.45, 7) is 15.2. The number of carbonyl (C=O) groups excluding carboxylic acids is 3. The second kappa shape index (κ2) is 13.6. The van der Waals surface area contributed by atoms with Gasteiger partial charge in [0.05, 0.1) is 6.61 Å². The van der Waals surface area contributed by atoms with Crippen molar-refractivity contribution in [2.24, 2.45) is 11.8 Å². The van der Waals surface area contributed by atoms with E-state index in [1.165, 1.54) is 11.3 Å². The second-order valence-corrected chi connectivity index (χ2v) is 10.5. The van der Waals surface area contributed by atoms with Gasteiger partial charge in [-0.05, 0) is 46.6 Å². The first-order valence-corrected chi connectivity index (χ1v) is 12.7. The molecular weight excluding hydrogens is 458 g/mol. The van der Waals surface area contributed by atoms with Gasteiger partial charge in [0.2, 0.25) is 0 Å². The summed E-state index contributed by atoms with van der Waals surface area (Å²) >= 11 is 1.24. The van der Waals surface area contributed by atoms with Crippen LogP contribution in [0.4, 0.5) is 4.79 Å². The second-order valence-electron chi connectivity index (χ2n) is 9.60. The van der Waals surface area contributed by atoms with E-state index in [9.17, 15) is 14.4 Å². The number of nitrogens with zero attached hydrogens (tertiary/aromatic N) is 1. The molecule has 0 aliphatic rings. The summed E-state index contributed by atoms with van der Waals surface area (Å²) in [5.74, 6) is -1.01. The van der Waals surface area contributed by atoms with E-state index in [1.807, 2.05) is 20.9 Å². The highest BCUT2D eigenvalue weighted by Gasteiger charge is 2.34. The van der Waals surface area contributed by atoms with Crippen molar-refractivity contribution >= 4 is 29.4 Å². The lowest BCUT2D eigenvalue weighted by atomic mass is 9.97. The quantitative estimate of drug-likeness (QED) is 0.319. The van der Waals surface area contributed by atoms with E-state index in [0.29, 0.717) is 17.8 Å². The van der Waals surface area contributed by atoms with Crippen molar-refractivity contribution in [3.05, 3.63) is 16.1 Å². The number of hydrogen-bond acceptors (Lipinski definition) is 9. The molecule has 1 aromatic heterocycles. The van der Waals surface area contributed by atoms with Crippen molar-refractivity contribution in [1.29, 1.82) is 0 Å². The molecule has 1 heterocycles. The molecule has 0 aliphatic heterocycles. The number of ether oxygens (including phenoxy) is 3. The summed E-state index contributed by atoms with van der Waals surface area (Å²) in [4.78, 5) is 42.2. The first-order chi connectivity index (χ1) is 15.8. The number of hydrogen-bond donors (Lipinski definition) is 2. The number of alkyl carbamates (subject to hydrolysis) is 1. The van der Waals surface area contributed by atoms with Gasteiger partial charge >= 0.3 is 18.0 Å². The molecule has 2 N–H and O–H groups in total. The van der Waals surface area contributed by atoms with Crippen molar-refractivity contribution in [3.63, 3.8) is 0 Å². The van der Waals surface area contributed by atoms with Gasteiger partial charge in [0, 0.05) is 17.8 Å². The molecule has 9 nitrogen and oxygen atoms in total. The molecule has 10 heteroatoms. The van der Waals surface area contributed by atoms with Crippen LogP contribution in [0.2, 0.25) is 0 Å². The van der Waals surface area contributed by atoms with Crippen LogP contribution in [0, 0.1) is 11.8 Å². The van der Waals surface area contributed by atoms with Gasteiger partial charge in [0.25, 0.3) is 0 Å². The highest BCUT2D eigenvalue weighted by Crippen LogP contribution is 2.29. The van der Waals surface area contributed by atoms with Crippen LogP contribution >= 0.6 is 11.3 Å². The van der Waals surface area contributed by atoms with E-state index in [4.69, 9.17) is 14.2 Å². The van der Waals surface area contributed by atoms with Crippen LogP contribution in [0.25, 0.3) is 0 Å². The molecule has 0 fully saturated rings. The number of nitrogens with one attached hydrogen (secondary N) is 2. The maximum atomic E-state index is 13.3. The highest BCUT2D eigenvalue weighted by molar-refractivity contribution is 7.09. The molecule has 0 saturated carbocycles. The van der Waals surface area contributed by atoms with Gasteiger partial charge in [-0.2, -0.15) is 0 Å². The molecular formula is C24H41N3O6S. The zero-order valence-electron chi connectivity index (χ0n) is 21.9. The molecule has 0 bridgehead atoms. The van der Waals surface area contributed by atoms with E-state index in [-0.39, 0.29) is 30.2 Å². The minimum absolute atomic E-state index is 0.0357. The molecule has 0 saturated heterocycles. The van der Waals surface area contributed by atoms with Crippen molar-refractivity contribution in [1.82, 2.24) is 15.6 Å². The lowest BCUT2D eigenvalue weighted by Crippen LogP contribution is -2.48. The Kier molecular flexibility index (Phi) is 12.0. The van der Waals surface area contributed by atoms with E-state index in [2.05, 4.69) is 29.5 Å². The van der Waals surface area contributed by atoms with E-state index in [1.54, 1.807) is 33.1 Å². The third-order valence-corrected chi connectivity index (χ3v) is 6.26. The summed E-state index contributed by atoms with van der Waals surface area (Å²) in [6.07, 6.45) is -0.279. The van der Waals surface area contributed by atoms with Crippen LogP contribution in [-0.2, 0) is 19.0 Å². The largest absolute Gasteiger partial charge is 0.461 e. The van der Waals surface area contributed by atoms with Gasteiger partial charge in [-0.15, -0.1) is 11.3 Å². The van der Waals surface area contributed by atoms with Gasteiger partial charge in [0.1, 0.15) is 16.7 Å². The lowest BCUT2D eigenvalue weighted by Gasteiger charge is -2.29. The first-order valence-electron chi connectivity index (χ1n) is 11.8. The lowest BCUT2D eigenvalue weighted by molar-refractivity contribution is -0.154. The average molecular weight is 500 g/mol. The van der Waals surface area contributed by atoms with E-state index < -0.39 is 35.8 Å². The van der Waals surface area contributed by atoms with Crippen LogP contribution < -0.4 is 10.6 Å². The normalized spacial score (nSPS) is 15.2. The predicted octanol–water partition coefficient (Wildman–Crippen LogP) is 4.48. The highest BCUT2D eigenvalue weighted by atomic mass is 32.1. The first kappa shape index (κ1) is 29.8. The van der Waals surface area contributed by atoms with Crippen molar-refractivity contribution in [3.8, 4) is 0 Å². The minimum Gasteiger partial charge on any atom is -0.461 e. The fraction of sp³-hybridized carbons (Fsp3) is 0.750. The van der Waals surface area contributed by atoms with Gasteiger partial charge in [-0.25, -0.2) is 19.4 Å². The summed E-state index contributed by atoms with van der Waals surface area (Å²) in [6, 6.07) is -0.854. The zero-order chi connectivity index (χ0) is 26.1. The van der Waals surface area contributed by atoms with Gasteiger partial charge < -0.3 is 24.8 Å². The van der Waals surface area contributed by atoms with Gasteiger partial charge in [-0.1, -0.05) is 34.1 Å². The fourth-order valence-electron chi connectivity index (χ4n) is 3.20. The third kappa shape index (κ3) is 9.58. The number of esters is 2. The molecule has 1 aromatic rings. The molecule has 0 spiro atoms. The summed E-state index contributed by atoms with van der Waals surface area (Å²) in [5, 5.41) is 8.02. The van der Waals surface area contributed by atoms with Crippen molar-refractivity contribution in [2.45, 2.75) is 92.0 Å². The topological polar surface area (TPSA) is 116 Å². The maximum Gasteiger partial charge on any atom is 0.408 e. The average Bonchev–Trinajstić information content (AvgIpc) is 3.23. The number of thiazole rings is 1. The maximum absolute atomic E-state index is 13.3. The summed E-state index contributed by atoms with van der Waals surface area (Å²) in [7, 11) is 1.85. The van der Waals surface area contributed by atoms with Gasteiger partial charge in [0.15, 0.2) is 11.8 Å². The van der Waals surface area contributed by atoms with E-state index in [0.717, 1.165) is 0 Å². The Labute approximate surface area is 207 Å². The van der Waals surface area contributed by atoms with Gasteiger partial charge in [-0.3, -0.25) is 0 Å². The van der Waals surface area contributed by atoms with Crippen LogP contribution in [0.15, 0.2) is 5.38 Å². The number of amides is 1. The number of rotatable bonds is 12. The Morgan fingerprint density at radius 2 is 1.79 bits per heavy atom. The van der Waals surface area contributed by atoms with E-state index >= 15 is 0 Å². The minimum atomic E-state index is -0.890. The smallest absolute Gasteiger partial charge is 0.408 e. The predicted molar refractivity (Wildman–Crippen MR) is 132 cm³/mol. The molecule has 34 heavy (non-hydrogen) atoms. The Bertz CT molecular complexity index is 805. The molecule has 1 rings (SSSR count). The molecule has 0 unspecified atom stereocenters. The molecule has 4 atom stereocenters. The Hall–Kier alpha value is -2.20. The molecule has 194 valence electrons. The number of carbonyl (C=O) groups is 3. The Balaban J connectivity index is 3.18. The standard InChI is InChI=1S/C24H41N3O6S/c1-10-15(5)19(27-23(30)33-24(6,7)8)22(29)32-18(12-16(25-9)14(3)4)20-26-17(13-34-20)21(28)31-11-2/h13-16,18-19,25H,10-12H2,1-9H3,(H,27,30)/t15-,16-,18-,19+/m1/s1. The third-order valence-electron chi connectivity index (χ3n) is 5.32. The fourth-order valence-corrected chi connectivity index (χ4v) is 4.03. The van der Waals surface area contributed by atoms with Crippen LogP contribution in [0.1, 0.15) is 89.8 Å². The zero-order valence-corrected chi connectivity index (χ0v) is 22.7. The monoisotopic (exact) mass is 499 g/mol. The molecule has 0 aromatic carbocycles. The molecule has 1 amide bonds. The SMILES string of the molecule is CCOC(=O)c1csc([C@@H](C[C@@H](NC)C(C)C)OC(=O)[C@@H](NC(=O)OC(C)(C)C)[C@H](C)CC)n1. The Morgan fingerprint density at radius 1 is 1.15 bits per heavy atom. The van der Waals surface area contributed by atoms with Crippen LogP contribution in [0.5, 0.6) is 0 Å². The van der Waals surface area contributed by atoms with Crippen molar-refractivity contribution < 1.29 is 28.6 Å². The summed E-state index contributed by atoms with van der Waals surface area (Å²) < 4.78 is 16.3. The van der Waals surface area contributed by atoms with Crippen LogP contribution in [0.3, 0.4) is 0 Å². The number of aromatic nitrogens is 1. The summed E-state index contributed by atoms with van der Waals surface area (Å²) in [5.41, 5.74) is -0.517. The molecule has 0 radical (unpaired) electrons. The molecule has 0 aliphatic carbocycles. The van der Waals surface area contributed by atoms with Crippen LogP contribution in [-0.4, -0.2) is 54.4 Å². The van der Waals surface area contributed by atoms with Crippen molar-refractivity contribution in [2.75, 3.05) is 13.7 Å². The Morgan fingerprint density at radius 3 is 2.29 bits per heavy atom.